The van der Waals surface area contributed by atoms with Gasteiger partial charge in [-0.1, -0.05) is 233 Å². The maximum Gasteiger partial charge on any atom is 0.201 e. The van der Waals surface area contributed by atoms with Gasteiger partial charge in [-0.2, -0.15) is 0 Å². The Morgan fingerprint density at radius 1 is 0.270 bits per heavy atom. The van der Waals surface area contributed by atoms with Gasteiger partial charge in [0.1, 0.15) is 11.5 Å². The summed E-state index contributed by atoms with van der Waals surface area (Å²) in [5, 5.41) is 22.7. The van der Waals surface area contributed by atoms with E-state index in [4.69, 9.17) is 23.7 Å². The van der Waals surface area contributed by atoms with Crippen LogP contribution in [0.4, 0.5) is 0 Å². The Labute approximate surface area is 388 Å². The van der Waals surface area contributed by atoms with Gasteiger partial charge in [-0.15, -0.1) is 0 Å². The molecule has 0 aliphatic heterocycles. The summed E-state index contributed by atoms with van der Waals surface area (Å²) in [6.45, 7) is 11.1. The normalized spacial score (nSPS) is 11.3. The monoisotopic (exact) mass is 883 g/mol. The molecule has 0 radical (unpaired) electrons. The minimum atomic E-state index is 0.00914. The molecule has 63 heavy (non-hydrogen) atoms. The van der Waals surface area contributed by atoms with Crippen LogP contribution < -0.4 is 23.7 Å². The number of hydrogen-bond acceptors (Lipinski definition) is 7. The Kier molecular flexibility index (Phi) is 36.1. The number of benzene rings is 2. The van der Waals surface area contributed by atoms with Crippen LogP contribution in [-0.2, 0) is 0 Å². The van der Waals surface area contributed by atoms with Gasteiger partial charge >= 0.3 is 0 Å². The van der Waals surface area contributed by atoms with Crippen LogP contribution in [0.25, 0.3) is 0 Å². The summed E-state index contributed by atoms with van der Waals surface area (Å²) in [5.74, 6) is 2.42. The Hall–Kier alpha value is -2.96. The van der Waals surface area contributed by atoms with Gasteiger partial charge in [-0.3, -0.25) is 0 Å². The zero-order valence-corrected chi connectivity index (χ0v) is 41.5. The molecule has 2 N–H and O–H groups in total. The predicted octanol–water partition coefficient (Wildman–Crippen LogP) is 18.5. The first-order chi connectivity index (χ1) is 31.0. The van der Waals surface area contributed by atoms with Crippen LogP contribution in [0.1, 0.15) is 259 Å². The maximum atomic E-state index is 11.4. The minimum absolute atomic E-state index is 0.00914. The van der Waals surface area contributed by atoms with Crippen LogP contribution >= 0.6 is 0 Å². The third-order valence-corrected chi connectivity index (χ3v) is 12.3. The number of phenolic OH excluding ortho intramolecular Hbond substituents is 2. The van der Waals surface area contributed by atoms with Gasteiger partial charge in [0.05, 0.1) is 26.4 Å². The second-order valence-corrected chi connectivity index (χ2v) is 18.3. The van der Waals surface area contributed by atoms with E-state index in [0.717, 1.165) is 51.4 Å². The minimum Gasteiger partial charge on any atom is -0.502 e. The van der Waals surface area contributed by atoms with Crippen molar-refractivity contribution in [3.63, 3.8) is 0 Å². The van der Waals surface area contributed by atoms with Crippen molar-refractivity contribution in [1.29, 1.82) is 0 Å². The van der Waals surface area contributed by atoms with E-state index in [2.05, 4.69) is 27.7 Å². The lowest BCUT2D eigenvalue weighted by atomic mass is 10.1. The third-order valence-electron chi connectivity index (χ3n) is 12.3. The summed E-state index contributed by atoms with van der Waals surface area (Å²) in [7, 11) is 0. The highest BCUT2D eigenvalue weighted by atomic mass is 16.5. The van der Waals surface area contributed by atoms with Crippen molar-refractivity contribution in [2.75, 3.05) is 26.4 Å². The Bertz CT molecular complexity index is 1140. The molecule has 0 amide bonds. The molecule has 0 aliphatic rings. The molecular weight excluding hydrogens is 785 g/mol. The average molecular weight is 883 g/mol. The molecule has 0 aromatic heterocycles. The van der Waals surface area contributed by atoms with Crippen LogP contribution in [0.3, 0.4) is 0 Å². The topological polar surface area (TPSA) is 86.6 Å². The molecule has 0 saturated heterocycles. The third kappa shape index (κ3) is 29.2. The zero-order chi connectivity index (χ0) is 45.3. The van der Waals surface area contributed by atoms with E-state index >= 15 is 0 Å². The fraction of sp³-hybridized carbons (Fsp3) is 0.786. The Morgan fingerprint density at radius 2 is 0.444 bits per heavy atom. The first-order valence-corrected chi connectivity index (χ1v) is 27.0. The fourth-order valence-electron chi connectivity index (χ4n) is 8.19. The molecule has 0 unspecified atom stereocenters. The van der Waals surface area contributed by atoms with Crippen LogP contribution in [0.2, 0.25) is 0 Å². The molecule has 0 bridgehead atoms. The van der Waals surface area contributed by atoms with Crippen molar-refractivity contribution in [2.45, 2.75) is 259 Å². The van der Waals surface area contributed by atoms with Gasteiger partial charge in [-0.25, -0.2) is 0 Å². The van der Waals surface area contributed by atoms with Crippen LogP contribution in [0.5, 0.6) is 46.0 Å². The fourth-order valence-corrected chi connectivity index (χ4v) is 8.19. The summed E-state index contributed by atoms with van der Waals surface area (Å²) in [5.41, 5.74) is 0. The van der Waals surface area contributed by atoms with Gasteiger partial charge in [0.15, 0.2) is 23.0 Å². The molecule has 0 saturated carbocycles. The first kappa shape index (κ1) is 56.2. The van der Waals surface area contributed by atoms with Gasteiger partial charge in [0.25, 0.3) is 0 Å². The molecule has 7 heteroatoms. The van der Waals surface area contributed by atoms with Crippen molar-refractivity contribution >= 4 is 0 Å². The summed E-state index contributed by atoms with van der Waals surface area (Å²) in [6, 6.07) is 6.97. The molecule has 0 spiro atoms. The lowest BCUT2D eigenvalue weighted by molar-refractivity contribution is 0.260. The Morgan fingerprint density at radius 3 is 0.635 bits per heavy atom. The molecular formula is C56H98O7. The largest absolute Gasteiger partial charge is 0.502 e. The van der Waals surface area contributed by atoms with Crippen LogP contribution in [0.15, 0.2) is 24.3 Å². The second kappa shape index (κ2) is 40.5. The number of ether oxygens (including phenoxy) is 5. The SMILES string of the molecule is CCCCCCCCCCCOc1cc(Oc2cc(OCCCCCCCCCCC)c(O)c(OCCCCCCCCCCC)c2)cc(OCCCCCCCCCCC)c1O. The van der Waals surface area contributed by atoms with Crippen molar-refractivity contribution in [1.82, 2.24) is 0 Å². The van der Waals surface area contributed by atoms with E-state index in [9.17, 15) is 10.2 Å². The Balaban J connectivity index is 2.13. The van der Waals surface area contributed by atoms with Crippen molar-refractivity contribution in [2.24, 2.45) is 0 Å². The lowest BCUT2D eigenvalue weighted by Crippen LogP contribution is -2.03. The number of aromatic hydroxyl groups is 2. The molecule has 364 valence electrons. The molecule has 2 aromatic carbocycles. The van der Waals surface area contributed by atoms with Gasteiger partial charge in [-0.05, 0) is 25.7 Å². The molecule has 0 heterocycles. The van der Waals surface area contributed by atoms with Crippen molar-refractivity contribution in [3.05, 3.63) is 24.3 Å². The van der Waals surface area contributed by atoms with Crippen molar-refractivity contribution < 1.29 is 33.9 Å². The van der Waals surface area contributed by atoms with Gasteiger partial charge in [0, 0.05) is 24.3 Å². The quantitative estimate of drug-likeness (QED) is 0.0641. The summed E-state index contributed by atoms with van der Waals surface area (Å²) in [6.07, 6.45) is 44.3. The zero-order valence-electron chi connectivity index (χ0n) is 41.5. The number of unbranched alkanes of at least 4 members (excludes halogenated alkanes) is 32. The van der Waals surface area contributed by atoms with E-state index < -0.39 is 0 Å². The number of rotatable bonds is 46. The van der Waals surface area contributed by atoms with E-state index in [1.165, 1.54) is 180 Å². The van der Waals surface area contributed by atoms with E-state index in [-0.39, 0.29) is 11.5 Å². The van der Waals surface area contributed by atoms with Gasteiger partial charge < -0.3 is 33.9 Å². The number of phenols is 2. The molecule has 0 aliphatic carbocycles. The lowest BCUT2D eigenvalue weighted by Gasteiger charge is -2.17. The average Bonchev–Trinajstić information content (AvgIpc) is 3.28. The summed E-state index contributed by atoms with van der Waals surface area (Å²) >= 11 is 0. The van der Waals surface area contributed by atoms with Crippen molar-refractivity contribution in [3.8, 4) is 46.0 Å². The molecule has 2 rings (SSSR count). The highest BCUT2D eigenvalue weighted by molar-refractivity contribution is 5.58. The van der Waals surface area contributed by atoms with Gasteiger partial charge in [0.2, 0.25) is 11.5 Å². The summed E-state index contributed by atoms with van der Waals surface area (Å²) < 4.78 is 31.4. The first-order valence-electron chi connectivity index (χ1n) is 27.0. The smallest absolute Gasteiger partial charge is 0.201 e. The summed E-state index contributed by atoms with van der Waals surface area (Å²) in [4.78, 5) is 0. The van der Waals surface area contributed by atoms with E-state index in [1.807, 2.05) is 0 Å². The van der Waals surface area contributed by atoms with E-state index in [0.29, 0.717) is 60.9 Å². The van der Waals surface area contributed by atoms with E-state index in [1.54, 1.807) is 24.3 Å². The maximum absolute atomic E-state index is 11.4. The predicted molar refractivity (Wildman–Crippen MR) is 267 cm³/mol. The van der Waals surface area contributed by atoms with Crippen LogP contribution in [0, 0.1) is 0 Å². The molecule has 2 aromatic rings. The van der Waals surface area contributed by atoms with Crippen LogP contribution in [-0.4, -0.2) is 36.6 Å². The molecule has 7 nitrogen and oxygen atoms in total. The molecule has 0 atom stereocenters. The highest BCUT2D eigenvalue weighted by Crippen LogP contribution is 2.45. The number of hydrogen-bond donors (Lipinski definition) is 2. The highest BCUT2D eigenvalue weighted by Gasteiger charge is 2.18. The molecule has 0 fully saturated rings. The standard InChI is InChI=1S/C56H98O7/c1-5-9-13-17-21-25-29-33-37-41-59-51-45-49(46-52(55(51)57)60-42-38-34-30-26-22-18-14-10-6-2)63-50-47-53(61-43-39-35-31-27-23-19-15-11-7-3)56(58)54(48-50)62-44-40-36-32-28-24-20-16-12-8-4/h45-48,57-58H,5-44H2,1-4H3. The second-order valence-electron chi connectivity index (χ2n) is 18.3.